The predicted molar refractivity (Wildman–Crippen MR) is 87.5 cm³/mol. The Morgan fingerprint density at radius 1 is 1.19 bits per heavy atom. The van der Waals surface area contributed by atoms with Crippen LogP contribution in [0.5, 0.6) is 0 Å². The fraction of sp³-hybridized carbons (Fsp3) is 0.706. The van der Waals surface area contributed by atoms with E-state index < -0.39 is 0 Å². The van der Waals surface area contributed by atoms with Crippen molar-refractivity contribution in [1.29, 1.82) is 0 Å². The van der Waals surface area contributed by atoms with Gasteiger partial charge in [-0.25, -0.2) is 4.79 Å². The number of alkyl carbamates (subject to hydrolysis) is 1. The average molecular weight is 297 g/mol. The van der Waals surface area contributed by atoms with E-state index in [0.717, 1.165) is 12.8 Å². The SMILES string of the molecule is COC(C)(C)CCOC(=O)NC/C=C(/C)CCC=C(C)C. The van der Waals surface area contributed by atoms with Crippen LogP contribution in [-0.2, 0) is 9.47 Å². The standard InChI is InChI=1S/C17H31NO3/c1-14(2)8-7-9-15(3)10-12-18-16(19)21-13-11-17(4,5)20-6/h8,10H,7,9,11-13H2,1-6H3,(H,18,19)/b15-10-. The van der Waals surface area contributed by atoms with Gasteiger partial charge < -0.3 is 14.8 Å². The zero-order chi connectivity index (χ0) is 16.3. The van der Waals surface area contributed by atoms with Crippen LogP contribution in [0, 0.1) is 0 Å². The van der Waals surface area contributed by atoms with Crippen LogP contribution in [0.2, 0.25) is 0 Å². The van der Waals surface area contributed by atoms with E-state index in [4.69, 9.17) is 9.47 Å². The highest BCUT2D eigenvalue weighted by molar-refractivity contribution is 5.67. The summed E-state index contributed by atoms with van der Waals surface area (Å²) in [5, 5.41) is 2.72. The van der Waals surface area contributed by atoms with Gasteiger partial charge >= 0.3 is 6.09 Å². The van der Waals surface area contributed by atoms with E-state index >= 15 is 0 Å². The van der Waals surface area contributed by atoms with Crippen molar-refractivity contribution in [1.82, 2.24) is 5.32 Å². The van der Waals surface area contributed by atoms with Crippen LogP contribution < -0.4 is 5.32 Å². The van der Waals surface area contributed by atoms with Gasteiger partial charge in [-0.15, -0.1) is 0 Å². The molecule has 0 aromatic heterocycles. The lowest BCUT2D eigenvalue weighted by Gasteiger charge is -2.22. The Hall–Kier alpha value is -1.29. The topological polar surface area (TPSA) is 47.6 Å². The number of hydrogen-bond donors (Lipinski definition) is 1. The lowest BCUT2D eigenvalue weighted by molar-refractivity contribution is 0.000258. The normalized spacial score (nSPS) is 12.0. The van der Waals surface area contributed by atoms with E-state index in [1.165, 1.54) is 11.1 Å². The molecular formula is C17H31NO3. The van der Waals surface area contributed by atoms with Gasteiger partial charge in [0.15, 0.2) is 0 Å². The highest BCUT2D eigenvalue weighted by Crippen LogP contribution is 2.12. The monoisotopic (exact) mass is 297 g/mol. The largest absolute Gasteiger partial charge is 0.449 e. The van der Waals surface area contributed by atoms with Gasteiger partial charge in [-0.2, -0.15) is 0 Å². The summed E-state index contributed by atoms with van der Waals surface area (Å²) >= 11 is 0. The van der Waals surface area contributed by atoms with E-state index in [9.17, 15) is 4.79 Å². The highest BCUT2D eigenvalue weighted by Gasteiger charge is 2.16. The number of methoxy groups -OCH3 is 1. The predicted octanol–water partition coefficient (Wildman–Crippen LogP) is 4.22. The van der Waals surface area contributed by atoms with Crippen LogP contribution in [0.3, 0.4) is 0 Å². The van der Waals surface area contributed by atoms with Crippen molar-refractivity contribution in [3.8, 4) is 0 Å². The number of rotatable bonds is 9. The minimum absolute atomic E-state index is 0.262. The third-order valence-corrected chi connectivity index (χ3v) is 3.28. The molecule has 0 saturated heterocycles. The molecule has 0 fully saturated rings. The summed E-state index contributed by atoms with van der Waals surface area (Å²) in [7, 11) is 1.66. The van der Waals surface area contributed by atoms with Gasteiger partial charge in [0.1, 0.15) is 0 Å². The maximum Gasteiger partial charge on any atom is 0.407 e. The molecule has 0 aliphatic heterocycles. The Kier molecular flexibility index (Phi) is 9.80. The summed E-state index contributed by atoms with van der Waals surface area (Å²) in [5.74, 6) is 0. The zero-order valence-electron chi connectivity index (χ0n) is 14.4. The molecule has 4 heteroatoms. The van der Waals surface area contributed by atoms with Crippen molar-refractivity contribution in [3.05, 3.63) is 23.3 Å². The number of carbonyl (C=O) groups excluding carboxylic acids is 1. The van der Waals surface area contributed by atoms with Gasteiger partial charge in [0.25, 0.3) is 0 Å². The summed E-state index contributed by atoms with van der Waals surface area (Å²) in [6.07, 6.45) is 6.60. The van der Waals surface area contributed by atoms with Gasteiger partial charge in [-0.05, 0) is 47.5 Å². The third kappa shape index (κ3) is 12.2. The van der Waals surface area contributed by atoms with E-state index in [2.05, 4.69) is 32.2 Å². The van der Waals surface area contributed by atoms with Gasteiger partial charge in [-0.1, -0.05) is 23.3 Å². The fourth-order valence-electron chi connectivity index (χ4n) is 1.54. The van der Waals surface area contributed by atoms with Crippen LogP contribution in [0.25, 0.3) is 0 Å². The molecule has 0 aliphatic carbocycles. The van der Waals surface area contributed by atoms with Crippen LogP contribution in [0.15, 0.2) is 23.3 Å². The first-order chi connectivity index (χ1) is 9.76. The Balaban J connectivity index is 3.80. The minimum Gasteiger partial charge on any atom is -0.449 e. The summed E-state index contributed by atoms with van der Waals surface area (Å²) in [5.41, 5.74) is 2.35. The molecule has 0 bridgehead atoms. The van der Waals surface area contributed by atoms with Crippen molar-refractivity contribution in [2.45, 2.75) is 59.5 Å². The number of amides is 1. The third-order valence-electron chi connectivity index (χ3n) is 3.28. The van der Waals surface area contributed by atoms with E-state index in [-0.39, 0.29) is 11.7 Å². The summed E-state index contributed by atoms with van der Waals surface area (Å²) in [6, 6.07) is 0. The number of ether oxygens (including phenoxy) is 2. The number of carbonyl (C=O) groups is 1. The molecule has 0 spiro atoms. The number of hydrogen-bond acceptors (Lipinski definition) is 3. The first-order valence-electron chi connectivity index (χ1n) is 7.51. The van der Waals surface area contributed by atoms with Gasteiger partial charge in [0.2, 0.25) is 0 Å². The maximum absolute atomic E-state index is 11.5. The Labute approximate surface area is 129 Å². The van der Waals surface area contributed by atoms with E-state index in [1.807, 2.05) is 19.9 Å². The zero-order valence-corrected chi connectivity index (χ0v) is 14.4. The molecule has 1 amide bonds. The van der Waals surface area contributed by atoms with Crippen LogP contribution in [0.4, 0.5) is 4.79 Å². The molecule has 0 radical (unpaired) electrons. The van der Waals surface area contributed by atoms with Crippen LogP contribution in [0.1, 0.15) is 53.9 Å². The minimum atomic E-state index is -0.379. The van der Waals surface area contributed by atoms with Crippen LogP contribution >= 0.6 is 0 Å². The Morgan fingerprint density at radius 3 is 2.43 bits per heavy atom. The van der Waals surface area contributed by atoms with E-state index in [0.29, 0.717) is 19.6 Å². The molecule has 21 heavy (non-hydrogen) atoms. The smallest absolute Gasteiger partial charge is 0.407 e. The molecule has 0 aromatic carbocycles. The fourth-order valence-corrected chi connectivity index (χ4v) is 1.54. The molecule has 0 aliphatic rings. The first-order valence-corrected chi connectivity index (χ1v) is 7.51. The summed E-state index contributed by atoms with van der Waals surface area (Å²) in [4.78, 5) is 11.5. The van der Waals surface area contributed by atoms with Crippen LogP contribution in [-0.4, -0.2) is 32.0 Å². The van der Waals surface area contributed by atoms with E-state index in [1.54, 1.807) is 7.11 Å². The Bertz CT molecular complexity index is 366. The quantitative estimate of drug-likeness (QED) is 0.648. The van der Waals surface area contributed by atoms with Crippen molar-refractivity contribution < 1.29 is 14.3 Å². The van der Waals surface area contributed by atoms with Gasteiger partial charge in [-0.3, -0.25) is 0 Å². The van der Waals surface area contributed by atoms with Crippen molar-refractivity contribution in [2.75, 3.05) is 20.3 Å². The van der Waals surface area contributed by atoms with Crippen molar-refractivity contribution in [3.63, 3.8) is 0 Å². The van der Waals surface area contributed by atoms with Gasteiger partial charge in [0.05, 0.1) is 12.2 Å². The lowest BCUT2D eigenvalue weighted by atomic mass is 10.1. The average Bonchev–Trinajstić information content (AvgIpc) is 2.38. The summed E-state index contributed by atoms with van der Waals surface area (Å²) in [6.45, 7) is 11.1. The Morgan fingerprint density at radius 2 is 1.86 bits per heavy atom. The van der Waals surface area contributed by atoms with Gasteiger partial charge in [0, 0.05) is 20.1 Å². The lowest BCUT2D eigenvalue weighted by Crippen LogP contribution is -2.29. The molecule has 4 nitrogen and oxygen atoms in total. The second-order valence-electron chi connectivity index (χ2n) is 6.10. The molecule has 1 N–H and O–H groups in total. The summed E-state index contributed by atoms with van der Waals surface area (Å²) < 4.78 is 10.4. The maximum atomic E-state index is 11.5. The van der Waals surface area contributed by atoms with Crippen molar-refractivity contribution >= 4 is 6.09 Å². The number of nitrogens with one attached hydrogen (secondary N) is 1. The highest BCUT2D eigenvalue weighted by atomic mass is 16.5. The molecule has 0 heterocycles. The molecule has 0 unspecified atom stereocenters. The first kappa shape index (κ1) is 19.7. The molecule has 122 valence electrons. The number of allylic oxidation sites excluding steroid dienone is 3. The van der Waals surface area contributed by atoms with Crippen molar-refractivity contribution in [2.24, 2.45) is 0 Å². The molecule has 0 atom stereocenters. The molecular weight excluding hydrogens is 266 g/mol. The molecule has 0 aromatic rings. The second-order valence-corrected chi connectivity index (χ2v) is 6.10. The second kappa shape index (κ2) is 10.4. The molecule has 0 saturated carbocycles. The molecule has 0 rings (SSSR count).